The summed E-state index contributed by atoms with van der Waals surface area (Å²) in [4.78, 5) is 28.3. The number of aromatic nitrogens is 2. The molecule has 5 heteroatoms. The average Bonchev–Trinajstić information content (AvgIpc) is 2.66. The van der Waals surface area contributed by atoms with Gasteiger partial charge in [0, 0.05) is 5.56 Å². The predicted octanol–water partition coefficient (Wildman–Crippen LogP) is 1.59. The van der Waals surface area contributed by atoms with E-state index in [0.717, 1.165) is 0 Å². The number of rotatable bonds is 2. The number of carbonyl (C=O) groups is 1. The van der Waals surface area contributed by atoms with E-state index in [2.05, 4.69) is 9.97 Å². The van der Waals surface area contributed by atoms with Crippen LogP contribution in [0.1, 0.15) is 24.2 Å². The van der Waals surface area contributed by atoms with Gasteiger partial charge in [-0.15, -0.1) is 0 Å². The molecule has 0 amide bonds. The molecule has 0 aliphatic heterocycles. The van der Waals surface area contributed by atoms with Crippen LogP contribution < -0.4 is 5.69 Å². The summed E-state index contributed by atoms with van der Waals surface area (Å²) in [5.41, 5.74) is 0.240. The lowest BCUT2D eigenvalue weighted by Gasteiger charge is -2.13. The van der Waals surface area contributed by atoms with Gasteiger partial charge in [0.2, 0.25) is 0 Å². The number of benzene rings is 1. The number of aromatic amines is 2. The van der Waals surface area contributed by atoms with Crippen molar-refractivity contribution >= 4 is 16.8 Å². The lowest BCUT2D eigenvalue weighted by Crippen LogP contribution is -2.22. The number of Topliss-reactive ketones (excluding diaryl/α,β-unsaturated/α-hetero) is 1. The monoisotopic (exact) mass is 229 g/mol. The van der Waals surface area contributed by atoms with Crippen LogP contribution in [-0.2, 0) is 0 Å². The number of carbonyl (C=O) groups excluding carboxylic acids is 1. The van der Waals surface area contributed by atoms with Crippen molar-refractivity contribution in [2.24, 2.45) is 5.41 Å². The lowest BCUT2D eigenvalue weighted by molar-refractivity contribution is 0.0892. The molecule has 17 heavy (non-hydrogen) atoms. The van der Waals surface area contributed by atoms with E-state index in [-0.39, 0.29) is 11.5 Å². The standard InChI is InChI=1S/C12H11N3O2/c1-12(2,6-13)10(16)7-3-4-8-9(5-7)15-11(17)14-8/h3-5H,1-2H3,(H2,14,15,17). The van der Waals surface area contributed by atoms with Crippen LogP contribution in [0.25, 0.3) is 11.0 Å². The second-order valence-corrected chi connectivity index (χ2v) is 4.41. The highest BCUT2D eigenvalue weighted by Gasteiger charge is 2.28. The van der Waals surface area contributed by atoms with Crippen molar-refractivity contribution in [2.75, 3.05) is 0 Å². The smallest absolute Gasteiger partial charge is 0.306 e. The third kappa shape index (κ3) is 1.85. The number of nitrogens with one attached hydrogen (secondary N) is 2. The molecule has 0 atom stereocenters. The number of ketones is 1. The van der Waals surface area contributed by atoms with Crippen molar-refractivity contribution in [1.82, 2.24) is 9.97 Å². The first-order valence-electron chi connectivity index (χ1n) is 5.12. The van der Waals surface area contributed by atoms with Gasteiger partial charge < -0.3 is 9.97 Å². The highest BCUT2D eigenvalue weighted by Crippen LogP contribution is 2.22. The number of H-pyrrole nitrogens is 2. The molecule has 2 rings (SSSR count). The van der Waals surface area contributed by atoms with Crippen LogP contribution in [0.4, 0.5) is 0 Å². The van der Waals surface area contributed by atoms with Crippen LogP contribution in [0.15, 0.2) is 23.0 Å². The highest BCUT2D eigenvalue weighted by molar-refractivity contribution is 6.03. The molecule has 0 fully saturated rings. The highest BCUT2D eigenvalue weighted by atomic mass is 16.1. The maximum absolute atomic E-state index is 12.0. The minimum absolute atomic E-state index is 0.260. The molecule has 0 aliphatic carbocycles. The second kappa shape index (κ2) is 3.59. The number of nitriles is 1. The van der Waals surface area contributed by atoms with Crippen LogP contribution in [0, 0.1) is 16.7 Å². The molecule has 2 aromatic rings. The molecule has 0 unspecified atom stereocenters. The molecule has 0 saturated carbocycles. The van der Waals surface area contributed by atoms with Crippen LogP contribution in [0.2, 0.25) is 0 Å². The zero-order valence-corrected chi connectivity index (χ0v) is 9.50. The summed E-state index contributed by atoms with van der Waals surface area (Å²) in [6, 6.07) is 6.79. The summed E-state index contributed by atoms with van der Waals surface area (Å²) in [5.74, 6) is -0.260. The van der Waals surface area contributed by atoms with Gasteiger partial charge in [-0.3, -0.25) is 4.79 Å². The van der Waals surface area contributed by atoms with Gasteiger partial charge in [0.1, 0.15) is 5.41 Å². The molecule has 1 aromatic carbocycles. The van der Waals surface area contributed by atoms with Crippen molar-refractivity contribution in [1.29, 1.82) is 5.26 Å². The maximum atomic E-state index is 12.0. The van der Waals surface area contributed by atoms with E-state index in [1.165, 1.54) is 0 Å². The van der Waals surface area contributed by atoms with Crippen molar-refractivity contribution < 1.29 is 4.79 Å². The van der Waals surface area contributed by atoms with E-state index in [1.807, 2.05) is 6.07 Å². The molecular formula is C12H11N3O2. The van der Waals surface area contributed by atoms with Gasteiger partial charge in [-0.25, -0.2) is 4.79 Å². The van der Waals surface area contributed by atoms with Gasteiger partial charge in [0.15, 0.2) is 5.78 Å². The van der Waals surface area contributed by atoms with Gasteiger partial charge in [-0.2, -0.15) is 5.26 Å². The zero-order chi connectivity index (χ0) is 12.6. The predicted molar refractivity (Wildman–Crippen MR) is 62.6 cm³/mol. The Labute approximate surface area is 97.1 Å². The first-order chi connectivity index (χ1) is 7.94. The number of fused-ring (bicyclic) bond motifs is 1. The zero-order valence-electron chi connectivity index (χ0n) is 9.50. The summed E-state index contributed by atoms with van der Waals surface area (Å²) in [7, 11) is 0. The quantitative estimate of drug-likeness (QED) is 0.766. The number of hydrogen-bond acceptors (Lipinski definition) is 3. The third-order valence-corrected chi connectivity index (χ3v) is 2.63. The molecule has 0 bridgehead atoms. The Morgan fingerprint density at radius 2 is 1.94 bits per heavy atom. The summed E-state index contributed by atoms with van der Waals surface area (Å²) in [6.07, 6.45) is 0. The van der Waals surface area contributed by atoms with E-state index in [1.54, 1.807) is 32.0 Å². The van der Waals surface area contributed by atoms with E-state index in [4.69, 9.17) is 5.26 Å². The molecule has 0 aliphatic rings. The molecule has 0 radical (unpaired) electrons. The molecule has 2 N–H and O–H groups in total. The second-order valence-electron chi connectivity index (χ2n) is 4.41. The minimum atomic E-state index is -1.07. The fourth-order valence-corrected chi connectivity index (χ4v) is 1.59. The largest absolute Gasteiger partial charge is 0.323 e. The van der Waals surface area contributed by atoms with Crippen molar-refractivity contribution in [3.8, 4) is 6.07 Å². The molecule has 0 spiro atoms. The van der Waals surface area contributed by atoms with Gasteiger partial charge >= 0.3 is 5.69 Å². The number of hydrogen-bond donors (Lipinski definition) is 2. The fourth-order valence-electron chi connectivity index (χ4n) is 1.59. The Morgan fingerprint density at radius 1 is 1.29 bits per heavy atom. The summed E-state index contributed by atoms with van der Waals surface area (Å²) >= 11 is 0. The van der Waals surface area contributed by atoms with Crippen molar-refractivity contribution in [3.05, 3.63) is 34.2 Å². The average molecular weight is 229 g/mol. The van der Waals surface area contributed by atoms with Gasteiger partial charge in [0.25, 0.3) is 0 Å². The van der Waals surface area contributed by atoms with Crippen LogP contribution >= 0.6 is 0 Å². The van der Waals surface area contributed by atoms with Gasteiger partial charge in [-0.1, -0.05) is 0 Å². The summed E-state index contributed by atoms with van der Waals surface area (Å²) in [5, 5.41) is 8.91. The van der Waals surface area contributed by atoms with E-state index < -0.39 is 5.41 Å². The van der Waals surface area contributed by atoms with E-state index >= 15 is 0 Å². The molecule has 1 aromatic heterocycles. The van der Waals surface area contributed by atoms with Crippen LogP contribution in [0.3, 0.4) is 0 Å². The summed E-state index contributed by atoms with van der Waals surface area (Å²) < 4.78 is 0. The molecule has 1 heterocycles. The number of imidazole rings is 1. The van der Waals surface area contributed by atoms with Crippen molar-refractivity contribution in [2.45, 2.75) is 13.8 Å². The Hall–Kier alpha value is -2.35. The van der Waals surface area contributed by atoms with Gasteiger partial charge in [-0.05, 0) is 32.0 Å². The SMILES string of the molecule is CC(C)(C#N)C(=O)c1ccc2[nH]c(=O)[nH]c2c1. The van der Waals surface area contributed by atoms with Crippen molar-refractivity contribution in [3.63, 3.8) is 0 Å². The number of nitrogens with zero attached hydrogens (tertiary/aromatic N) is 1. The first kappa shape index (κ1) is 11.1. The maximum Gasteiger partial charge on any atom is 0.323 e. The summed E-state index contributed by atoms with van der Waals surface area (Å²) in [6.45, 7) is 3.14. The van der Waals surface area contributed by atoms with Crippen LogP contribution in [-0.4, -0.2) is 15.8 Å². The molecular weight excluding hydrogens is 218 g/mol. The molecule has 86 valence electrons. The first-order valence-corrected chi connectivity index (χ1v) is 5.12. The lowest BCUT2D eigenvalue weighted by atomic mass is 9.86. The minimum Gasteiger partial charge on any atom is -0.306 e. The fraction of sp³-hybridized carbons (Fsp3) is 0.250. The van der Waals surface area contributed by atoms with E-state index in [0.29, 0.717) is 16.6 Å². The van der Waals surface area contributed by atoms with Gasteiger partial charge in [0.05, 0.1) is 17.1 Å². The normalized spacial score (nSPS) is 11.4. The van der Waals surface area contributed by atoms with Crippen LogP contribution in [0.5, 0.6) is 0 Å². The van der Waals surface area contributed by atoms with E-state index in [9.17, 15) is 9.59 Å². The third-order valence-electron chi connectivity index (χ3n) is 2.63. The Bertz CT molecular complexity index is 686. The molecule has 5 nitrogen and oxygen atoms in total. The topological polar surface area (TPSA) is 89.5 Å². The Balaban J connectivity index is 2.54. The Kier molecular flexibility index (Phi) is 2.36. The Morgan fingerprint density at radius 3 is 2.59 bits per heavy atom. The molecule has 0 saturated heterocycles.